The number of carbonyl (C=O) groups excluding carboxylic acids is 2. The van der Waals surface area contributed by atoms with Gasteiger partial charge in [0.1, 0.15) is 5.75 Å². The topological polar surface area (TPSA) is 64.6 Å². The Morgan fingerprint density at radius 2 is 1.84 bits per heavy atom. The molecule has 0 fully saturated rings. The Bertz CT molecular complexity index is 761. The van der Waals surface area contributed by atoms with Gasteiger partial charge in [-0.2, -0.15) is 0 Å². The van der Waals surface area contributed by atoms with Gasteiger partial charge in [-0.1, -0.05) is 47.5 Å². The average Bonchev–Trinajstić information content (AvgIpc) is 2.58. The van der Waals surface area contributed by atoms with Crippen LogP contribution >= 0.6 is 11.6 Å². The highest BCUT2D eigenvalue weighted by Crippen LogP contribution is 2.18. The molecular formula is C19H20ClNO4. The van der Waals surface area contributed by atoms with Crippen molar-refractivity contribution >= 4 is 23.5 Å². The number of benzene rings is 2. The van der Waals surface area contributed by atoms with E-state index < -0.39 is 11.9 Å². The molecule has 0 aliphatic carbocycles. The van der Waals surface area contributed by atoms with Gasteiger partial charge in [0, 0.05) is 11.6 Å². The van der Waals surface area contributed by atoms with E-state index in [1.807, 2.05) is 44.2 Å². The number of aryl methyl sites for hydroxylation is 2. The molecule has 0 aromatic heterocycles. The largest absolute Gasteiger partial charge is 0.482 e. The maximum atomic E-state index is 11.7. The summed E-state index contributed by atoms with van der Waals surface area (Å²) in [4.78, 5) is 23.4. The van der Waals surface area contributed by atoms with Gasteiger partial charge >= 0.3 is 5.97 Å². The van der Waals surface area contributed by atoms with Crippen molar-refractivity contribution in [3.8, 4) is 5.75 Å². The second-order valence-corrected chi connectivity index (χ2v) is 5.99. The maximum Gasteiger partial charge on any atom is 0.344 e. The molecule has 2 rings (SSSR count). The molecule has 0 saturated carbocycles. The number of rotatable bonds is 7. The third-order valence-corrected chi connectivity index (χ3v) is 3.84. The highest BCUT2D eigenvalue weighted by Gasteiger charge is 2.10. The summed E-state index contributed by atoms with van der Waals surface area (Å²) >= 11 is 6.00. The van der Waals surface area contributed by atoms with Gasteiger partial charge in [0.25, 0.3) is 5.91 Å². The van der Waals surface area contributed by atoms with Crippen LogP contribution in [0.4, 0.5) is 0 Å². The fourth-order valence-electron chi connectivity index (χ4n) is 2.17. The second-order valence-electron chi connectivity index (χ2n) is 5.59. The Kier molecular flexibility index (Phi) is 6.83. The number of halogens is 1. The zero-order chi connectivity index (χ0) is 18.2. The molecule has 132 valence electrons. The molecule has 0 heterocycles. The molecule has 0 radical (unpaired) electrons. The van der Waals surface area contributed by atoms with Crippen molar-refractivity contribution in [1.29, 1.82) is 0 Å². The molecule has 0 aliphatic rings. The summed E-state index contributed by atoms with van der Waals surface area (Å²) in [5, 5.41) is 3.21. The van der Waals surface area contributed by atoms with Crippen molar-refractivity contribution in [2.75, 3.05) is 13.2 Å². The van der Waals surface area contributed by atoms with Gasteiger partial charge < -0.3 is 14.8 Å². The van der Waals surface area contributed by atoms with E-state index in [0.717, 1.165) is 16.7 Å². The van der Waals surface area contributed by atoms with Crippen molar-refractivity contribution < 1.29 is 19.1 Å². The molecule has 0 spiro atoms. The smallest absolute Gasteiger partial charge is 0.344 e. The van der Waals surface area contributed by atoms with E-state index in [1.54, 1.807) is 12.1 Å². The molecule has 0 atom stereocenters. The standard InChI is InChI=1S/C19H20ClNO4/c1-13-7-8-17(14(2)9-13)24-12-19(23)25-11-18(22)21-10-15-5-3-4-6-16(15)20/h3-9H,10-12H2,1-2H3,(H,21,22). The molecule has 0 saturated heterocycles. The molecule has 1 N–H and O–H groups in total. The van der Waals surface area contributed by atoms with Gasteiger partial charge in [0.2, 0.25) is 0 Å². The number of hydrogen-bond acceptors (Lipinski definition) is 4. The Balaban J connectivity index is 1.70. The van der Waals surface area contributed by atoms with E-state index in [0.29, 0.717) is 10.8 Å². The molecule has 2 aromatic carbocycles. The molecule has 6 heteroatoms. The van der Waals surface area contributed by atoms with Crippen molar-refractivity contribution in [3.63, 3.8) is 0 Å². The fraction of sp³-hybridized carbons (Fsp3) is 0.263. The molecule has 0 bridgehead atoms. The lowest BCUT2D eigenvalue weighted by Gasteiger charge is -2.10. The van der Waals surface area contributed by atoms with E-state index in [2.05, 4.69) is 5.32 Å². The first-order valence-electron chi connectivity index (χ1n) is 7.81. The molecule has 1 amide bonds. The Morgan fingerprint density at radius 3 is 2.56 bits per heavy atom. The van der Waals surface area contributed by atoms with Gasteiger partial charge in [-0.05, 0) is 37.1 Å². The van der Waals surface area contributed by atoms with Gasteiger partial charge in [0.15, 0.2) is 13.2 Å². The summed E-state index contributed by atoms with van der Waals surface area (Å²) < 4.78 is 10.3. The van der Waals surface area contributed by atoms with E-state index in [4.69, 9.17) is 21.1 Å². The molecule has 0 unspecified atom stereocenters. The lowest BCUT2D eigenvalue weighted by molar-refractivity contribution is -0.150. The highest BCUT2D eigenvalue weighted by atomic mass is 35.5. The first kappa shape index (κ1) is 18.8. The van der Waals surface area contributed by atoms with Gasteiger partial charge in [0.05, 0.1) is 0 Å². The fourth-order valence-corrected chi connectivity index (χ4v) is 2.37. The molecular weight excluding hydrogens is 342 g/mol. The lowest BCUT2D eigenvalue weighted by Crippen LogP contribution is -2.29. The zero-order valence-corrected chi connectivity index (χ0v) is 14.9. The van der Waals surface area contributed by atoms with Crippen LogP contribution in [0.1, 0.15) is 16.7 Å². The van der Waals surface area contributed by atoms with E-state index >= 15 is 0 Å². The minimum Gasteiger partial charge on any atom is -0.482 e. The molecule has 2 aromatic rings. The van der Waals surface area contributed by atoms with Crippen molar-refractivity contribution in [2.24, 2.45) is 0 Å². The summed E-state index contributed by atoms with van der Waals surface area (Å²) in [7, 11) is 0. The summed E-state index contributed by atoms with van der Waals surface area (Å²) in [5.74, 6) is -0.390. The van der Waals surface area contributed by atoms with E-state index in [9.17, 15) is 9.59 Å². The van der Waals surface area contributed by atoms with Crippen LogP contribution in [0.5, 0.6) is 5.75 Å². The number of carbonyl (C=O) groups is 2. The summed E-state index contributed by atoms with van der Waals surface area (Å²) in [6, 6.07) is 12.9. The predicted molar refractivity (Wildman–Crippen MR) is 95.7 cm³/mol. The minimum absolute atomic E-state index is 0.248. The number of amides is 1. The van der Waals surface area contributed by atoms with E-state index in [1.165, 1.54) is 0 Å². The van der Waals surface area contributed by atoms with Crippen molar-refractivity contribution in [3.05, 3.63) is 64.2 Å². The van der Waals surface area contributed by atoms with Crippen LogP contribution < -0.4 is 10.1 Å². The molecule has 5 nitrogen and oxygen atoms in total. The van der Waals surface area contributed by atoms with Crippen LogP contribution in [0.25, 0.3) is 0 Å². The SMILES string of the molecule is Cc1ccc(OCC(=O)OCC(=O)NCc2ccccc2Cl)c(C)c1. The Labute approximate surface area is 151 Å². The second kappa shape index (κ2) is 9.08. The first-order valence-corrected chi connectivity index (χ1v) is 8.19. The summed E-state index contributed by atoms with van der Waals surface area (Å²) in [6.45, 7) is 3.54. The minimum atomic E-state index is -0.604. The average molecular weight is 362 g/mol. The molecule has 0 aliphatic heterocycles. The molecule has 25 heavy (non-hydrogen) atoms. The van der Waals surface area contributed by atoms with E-state index in [-0.39, 0.29) is 19.8 Å². The third kappa shape index (κ3) is 6.12. The first-order chi connectivity index (χ1) is 12.0. The number of ether oxygens (including phenoxy) is 2. The van der Waals surface area contributed by atoms with Gasteiger partial charge in [-0.15, -0.1) is 0 Å². The monoisotopic (exact) mass is 361 g/mol. The Morgan fingerprint density at radius 1 is 1.08 bits per heavy atom. The van der Waals surface area contributed by atoms with Crippen molar-refractivity contribution in [1.82, 2.24) is 5.32 Å². The van der Waals surface area contributed by atoms with Crippen LogP contribution in [0.15, 0.2) is 42.5 Å². The number of hydrogen-bond donors (Lipinski definition) is 1. The highest BCUT2D eigenvalue weighted by molar-refractivity contribution is 6.31. The van der Waals surface area contributed by atoms with Crippen molar-refractivity contribution in [2.45, 2.75) is 20.4 Å². The Hall–Kier alpha value is -2.53. The summed E-state index contributed by atoms with van der Waals surface area (Å²) in [5.41, 5.74) is 2.84. The van der Waals surface area contributed by atoms with Gasteiger partial charge in [-0.3, -0.25) is 4.79 Å². The summed E-state index contributed by atoms with van der Waals surface area (Å²) in [6.07, 6.45) is 0. The van der Waals surface area contributed by atoms with Crippen LogP contribution in [0.3, 0.4) is 0 Å². The van der Waals surface area contributed by atoms with Gasteiger partial charge in [-0.25, -0.2) is 4.79 Å². The van der Waals surface area contributed by atoms with Crippen LogP contribution in [-0.2, 0) is 20.9 Å². The normalized spacial score (nSPS) is 10.2. The predicted octanol–water partition coefficient (Wildman–Crippen LogP) is 3.20. The third-order valence-electron chi connectivity index (χ3n) is 3.47. The lowest BCUT2D eigenvalue weighted by atomic mass is 10.1. The maximum absolute atomic E-state index is 11.7. The number of esters is 1. The zero-order valence-electron chi connectivity index (χ0n) is 14.2. The van der Waals surface area contributed by atoms with Crippen LogP contribution in [0.2, 0.25) is 5.02 Å². The van der Waals surface area contributed by atoms with Crippen LogP contribution in [0, 0.1) is 13.8 Å². The van der Waals surface area contributed by atoms with Crippen LogP contribution in [-0.4, -0.2) is 25.1 Å². The quantitative estimate of drug-likeness (QED) is 0.769. The number of nitrogens with one attached hydrogen (secondary N) is 1.